The Bertz CT molecular complexity index is 1280. The Morgan fingerprint density at radius 3 is 2.33 bits per heavy atom. The second kappa shape index (κ2) is 11.9. The van der Waals surface area contributed by atoms with Gasteiger partial charge in [0.25, 0.3) is 0 Å². The van der Waals surface area contributed by atoms with Crippen LogP contribution in [0.3, 0.4) is 0 Å². The molecule has 0 aliphatic heterocycles. The van der Waals surface area contributed by atoms with Crippen LogP contribution >= 0.6 is 11.8 Å². The normalized spacial score (nSPS) is 11.9. The summed E-state index contributed by atoms with van der Waals surface area (Å²) in [5.41, 5.74) is 2.97. The van der Waals surface area contributed by atoms with Gasteiger partial charge < -0.3 is 10.1 Å². The number of thioether (sulfide) groups is 1. The van der Waals surface area contributed by atoms with E-state index in [1.165, 1.54) is 29.5 Å². The van der Waals surface area contributed by atoms with Gasteiger partial charge in [0.2, 0.25) is 5.91 Å². The smallest absolute Gasteiger partial charge is 0.230 e. The van der Waals surface area contributed by atoms with E-state index < -0.39 is 0 Å². The van der Waals surface area contributed by atoms with Gasteiger partial charge in [-0.25, -0.2) is 4.39 Å². The second-order valence-corrected chi connectivity index (χ2v) is 9.63. The summed E-state index contributed by atoms with van der Waals surface area (Å²) in [6.07, 6.45) is -0.371. The summed E-state index contributed by atoms with van der Waals surface area (Å²) in [6.45, 7) is 6.58. The first-order valence-corrected chi connectivity index (χ1v) is 12.8. The largest absolute Gasteiger partial charge is 0.483 e. The fourth-order valence-corrected chi connectivity index (χ4v) is 4.42. The molecule has 1 unspecified atom stereocenters. The van der Waals surface area contributed by atoms with E-state index in [0.29, 0.717) is 23.4 Å². The average Bonchev–Trinajstić information content (AvgIpc) is 3.32. The van der Waals surface area contributed by atoms with E-state index >= 15 is 0 Å². The van der Waals surface area contributed by atoms with Crippen molar-refractivity contribution in [1.29, 1.82) is 0 Å². The molecule has 4 rings (SSSR count). The van der Waals surface area contributed by atoms with Crippen LogP contribution in [0.5, 0.6) is 5.75 Å². The molecule has 0 bridgehead atoms. The van der Waals surface area contributed by atoms with Crippen molar-refractivity contribution in [3.05, 3.63) is 102 Å². The van der Waals surface area contributed by atoms with Crippen LogP contribution in [-0.2, 0) is 11.3 Å². The zero-order valence-electron chi connectivity index (χ0n) is 20.5. The van der Waals surface area contributed by atoms with Crippen molar-refractivity contribution in [1.82, 2.24) is 20.1 Å². The molecule has 6 nitrogen and oxygen atoms in total. The Balaban J connectivity index is 1.47. The standard InChI is InChI=1S/C28H29FN4O2S/c1-19(2)22-11-15-25(16-12-22)35-20(3)27-31-32-28(33(27)24-7-5-4-6-8-24)36-18-26(34)30-17-21-9-13-23(29)14-10-21/h4-16,19-20H,17-18H2,1-3H3,(H,30,34). The average molecular weight is 505 g/mol. The quantitative estimate of drug-likeness (QED) is 0.265. The minimum absolute atomic E-state index is 0.150. The molecule has 1 aromatic heterocycles. The van der Waals surface area contributed by atoms with Gasteiger partial charge in [-0.1, -0.05) is 68.1 Å². The number of hydrogen-bond donors (Lipinski definition) is 1. The zero-order valence-corrected chi connectivity index (χ0v) is 21.3. The molecule has 0 aliphatic carbocycles. The van der Waals surface area contributed by atoms with Gasteiger partial charge in [0.05, 0.1) is 5.75 Å². The maximum Gasteiger partial charge on any atom is 0.230 e. The predicted octanol–water partition coefficient (Wildman–Crippen LogP) is 6.08. The first kappa shape index (κ1) is 25.4. The number of nitrogens with zero attached hydrogens (tertiary/aromatic N) is 3. The van der Waals surface area contributed by atoms with Crippen LogP contribution in [0.25, 0.3) is 5.69 Å². The fraction of sp³-hybridized carbons (Fsp3) is 0.250. The van der Waals surface area contributed by atoms with Crippen molar-refractivity contribution >= 4 is 17.7 Å². The molecule has 0 aliphatic rings. The van der Waals surface area contributed by atoms with Crippen molar-refractivity contribution in [2.45, 2.75) is 44.5 Å². The van der Waals surface area contributed by atoms with Crippen LogP contribution in [0.2, 0.25) is 0 Å². The highest BCUT2D eigenvalue weighted by Gasteiger charge is 2.21. The topological polar surface area (TPSA) is 69.0 Å². The second-order valence-electron chi connectivity index (χ2n) is 8.69. The fourth-order valence-electron chi connectivity index (χ4n) is 3.63. The first-order chi connectivity index (χ1) is 17.4. The van der Waals surface area contributed by atoms with Crippen molar-refractivity contribution < 1.29 is 13.9 Å². The molecule has 0 radical (unpaired) electrons. The molecule has 4 aromatic rings. The molecule has 0 saturated heterocycles. The Labute approximate surface area is 214 Å². The SMILES string of the molecule is CC(C)c1ccc(OC(C)c2nnc(SCC(=O)NCc3ccc(F)cc3)n2-c2ccccc2)cc1. The van der Waals surface area contributed by atoms with E-state index in [2.05, 4.69) is 41.5 Å². The number of halogens is 1. The van der Waals surface area contributed by atoms with Gasteiger partial charge in [-0.2, -0.15) is 0 Å². The number of amides is 1. The number of ether oxygens (including phenoxy) is 1. The van der Waals surface area contributed by atoms with Gasteiger partial charge in [0.15, 0.2) is 17.1 Å². The minimum atomic E-state index is -0.371. The van der Waals surface area contributed by atoms with Gasteiger partial charge in [0, 0.05) is 12.2 Å². The van der Waals surface area contributed by atoms with Gasteiger partial charge >= 0.3 is 0 Å². The summed E-state index contributed by atoms with van der Waals surface area (Å²) in [7, 11) is 0. The first-order valence-electron chi connectivity index (χ1n) is 11.8. The van der Waals surface area contributed by atoms with Crippen LogP contribution < -0.4 is 10.1 Å². The Morgan fingerprint density at radius 1 is 0.972 bits per heavy atom. The Hall–Kier alpha value is -3.65. The third kappa shape index (κ3) is 6.51. The molecule has 1 amide bonds. The zero-order chi connectivity index (χ0) is 25.5. The molecule has 3 aromatic carbocycles. The highest BCUT2D eigenvalue weighted by molar-refractivity contribution is 7.99. The molecule has 0 fully saturated rings. The molecular weight excluding hydrogens is 475 g/mol. The number of aromatic nitrogens is 3. The van der Waals surface area contributed by atoms with E-state index in [1.807, 2.05) is 54.0 Å². The Morgan fingerprint density at radius 2 is 1.67 bits per heavy atom. The van der Waals surface area contributed by atoms with Gasteiger partial charge in [0.1, 0.15) is 11.6 Å². The highest BCUT2D eigenvalue weighted by Crippen LogP contribution is 2.28. The lowest BCUT2D eigenvalue weighted by molar-refractivity contribution is -0.118. The van der Waals surface area contributed by atoms with Crippen LogP contribution in [0.1, 0.15) is 49.7 Å². The lowest BCUT2D eigenvalue weighted by Gasteiger charge is -2.17. The minimum Gasteiger partial charge on any atom is -0.483 e. The molecule has 186 valence electrons. The molecule has 36 heavy (non-hydrogen) atoms. The lowest BCUT2D eigenvalue weighted by Crippen LogP contribution is -2.24. The van der Waals surface area contributed by atoms with Crippen molar-refractivity contribution in [3.63, 3.8) is 0 Å². The van der Waals surface area contributed by atoms with Crippen LogP contribution in [-0.4, -0.2) is 26.4 Å². The van der Waals surface area contributed by atoms with Gasteiger partial charge in [-0.05, 0) is 60.4 Å². The molecule has 1 atom stereocenters. The lowest BCUT2D eigenvalue weighted by atomic mass is 10.0. The molecule has 0 spiro atoms. The summed E-state index contributed by atoms with van der Waals surface area (Å²) in [4.78, 5) is 12.5. The van der Waals surface area contributed by atoms with E-state index in [1.54, 1.807) is 12.1 Å². The van der Waals surface area contributed by atoms with Crippen LogP contribution in [0, 0.1) is 5.82 Å². The molecule has 8 heteroatoms. The highest BCUT2D eigenvalue weighted by atomic mass is 32.2. The monoisotopic (exact) mass is 504 g/mol. The third-order valence-electron chi connectivity index (χ3n) is 5.63. The number of carbonyl (C=O) groups excluding carboxylic acids is 1. The number of hydrogen-bond acceptors (Lipinski definition) is 5. The van der Waals surface area contributed by atoms with E-state index in [4.69, 9.17) is 4.74 Å². The predicted molar refractivity (Wildman–Crippen MR) is 140 cm³/mol. The van der Waals surface area contributed by atoms with Crippen LogP contribution in [0.15, 0.2) is 84.0 Å². The molecular formula is C28H29FN4O2S. The van der Waals surface area contributed by atoms with Gasteiger partial charge in [-0.15, -0.1) is 10.2 Å². The summed E-state index contributed by atoms with van der Waals surface area (Å²) in [5.74, 6) is 1.56. The van der Waals surface area contributed by atoms with Crippen molar-refractivity contribution in [2.24, 2.45) is 0 Å². The molecule has 1 heterocycles. The summed E-state index contributed by atoms with van der Waals surface area (Å²) in [6, 6.07) is 23.9. The van der Waals surface area contributed by atoms with Crippen LogP contribution in [0.4, 0.5) is 4.39 Å². The number of benzene rings is 3. The number of rotatable bonds is 10. The Kier molecular flexibility index (Phi) is 8.38. The van der Waals surface area contributed by atoms with Crippen molar-refractivity contribution in [3.8, 4) is 11.4 Å². The van der Waals surface area contributed by atoms with E-state index in [0.717, 1.165) is 17.0 Å². The summed E-state index contributed by atoms with van der Waals surface area (Å²) in [5, 5.41) is 12.2. The maximum absolute atomic E-state index is 13.1. The molecule has 0 saturated carbocycles. The molecule has 1 N–H and O–H groups in total. The van der Waals surface area contributed by atoms with E-state index in [9.17, 15) is 9.18 Å². The summed E-state index contributed by atoms with van der Waals surface area (Å²) >= 11 is 1.30. The van der Waals surface area contributed by atoms with Gasteiger partial charge in [-0.3, -0.25) is 9.36 Å². The number of carbonyl (C=O) groups is 1. The number of nitrogens with one attached hydrogen (secondary N) is 1. The summed E-state index contributed by atoms with van der Waals surface area (Å²) < 4.78 is 21.2. The third-order valence-corrected chi connectivity index (χ3v) is 6.56. The van der Waals surface area contributed by atoms with E-state index in [-0.39, 0.29) is 23.6 Å². The maximum atomic E-state index is 13.1. The number of para-hydroxylation sites is 1. The van der Waals surface area contributed by atoms with Crippen molar-refractivity contribution in [2.75, 3.05) is 5.75 Å².